The van der Waals surface area contributed by atoms with Crippen molar-refractivity contribution in [2.45, 2.75) is 26.3 Å². The number of rotatable bonds is 7. The third kappa shape index (κ3) is 4.95. The number of nitrogens with zero attached hydrogens (tertiary/aromatic N) is 1. The first-order valence-electron chi connectivity index (χ1n) is 9.31. The summed E-state index contributed by atoms with van der Waals surface area (Å²) < 4.78 is 19.6. The fourth-order valence-corrected chi connectivity index (χ4v) is 3.28. The summed E-state index contributed by atoms with van der Waals surface area (Å²) >= 11 is 0. The summed E-state index contributed by atoms with van der Waals surface area (Å²) in [5.74, 6) is 0.834. The lowest BCUT2D eigenvalue weighted by atomic mass is 10.1. The minimum Gasteiger partial charge on any atom is -0.494 e. The fraction of sp³-hybridized carbons (Fsp3) is 0.429. The van der Waals surface area contributed by atoms with E-state index in [1.54, 1.807) is 17.0 Å². The third-order valence-corrected chi connectivity index (χ3v) is 4.81. The molecule has 134 valence electrons. The topological polar surface area (TPSA) is 16.9 Å². The van der Waals surface area contributed by atoms with E-state index in [1.807, 2.05) is 12.1 Å². The maximum Gasteiger partial charge on any atom is 0.146 e. The van der Waals surface area contributed by atoms with Gasteiger partial charge in [0.15, 0.2) is 0 Å². The largest absolute Gasteiger partial charge is 0.494 e. The van der Waals surface area contributed by atoms with Gasteiger partial charge in [0.1, 0.15) is 18.1 Å². The van der Waals surface area contributed by atoms with Crippen molar-refractivity contribution in [3.05, 3.63) is 59.9 Å². The molecule has 0 atom stereocenters. The number of benzene rings is 2. The highest BCUT2D eigenvalue weighted by atomic mass is 19.1. The molecule has 0 aliphatic carbocycles. The summed E-state index contributed by atoms with van der Waals surface area (Å²) in [7, 11) is 0. The number of ether oxygens (including phenoxy) is 1. The van der Waals surface area contributed by atoms with Crippen LogP contribution in [-0.4, -0.2) is 32.8 Å². The maximum absolute atomic E-state index is 13.9. The number of halogens is 1. The molecule has 1 fully saturated rings. The Morgan fingerprint density at radius 1 is 1.04 bits per heavy atom. The second-order valence-electron chi connectivity index (χ2n) is 6.71. The molecule has 1 heterocycles. The van der Waals surface area contributed by atoms with Crippen LogP contribution in [0.1, 0.15) is 25.3 Å². The van der Waals surface area contributed by atoms with Crippen LogP contribution >= 0.6 is 0 Å². The van der Waals surface area contributed by atoms with E-state index in [9.17, 15) is 4.39 Å². The number of hydrogen-bond acceptors (Lipinski definition) is 2. The molecule has 0 amide bonds. The van der Waals surface area contributed by atoms with E-state index in [-0.39, 0.29) is 5.82 Å². The fourth-order valence-electron chi connectivity index (χ4n) is 3.28. The summed E-state index contributed by atoms with van der Waals surface area (Å²) in [6, 6.07) is 15.5. The van der Waals surface area contributed by atoms with Crippen LogP contribution < -0.4 is 14.5 Å². The van der Waals surface area contributed by atoms with Gasteiger partial charge >= 0.3 is 0 Å². The van der Waals surface area contributed by atoms with E-state index >= 15 is 0 Å². The average molecular weight is 343 g/mol. The van der Waals surface area contributed by atoms with Crippen molar-refractivity contribution >= 4 is 5.69 Å². The molecule has 3 nitrogen and oxygen atoms in total. The SMILES string of the molecule is CCCCOc1ccc(C[NH+]2CCN(c3ccccc3F)CC2)cc1. The molecule has 2 aromatic carbocycles. The summed E-state index contributed by atoms with van der Waals surface area (Å²) in [6.07, 6.45) is 2.25. The van der Waals surface area contributed by atoms with Gasteiger partial charge in [-0.2, -0.15) is 0 Å². The Morgan fingerprint density at radius 2 is 1.76 bits per heavy atom. The molecule has 1 aliphatic rings. The quantitative estimate of drug-likeness (QED) is 0.779. The minimum atomic E-state index is -0.121. The molecule has 3 rings (SSSR count). The van der Waals surface area contributed by atoms with Gasteiger partial charge in [-0.15, -0.1) is 0 Å². The summed E-state index contributed by atoms with van der Waals surface area (Å²) in [5.41, 5.74) is 2.06. The first kappa shape index (κ1) is 17.7. The Hall–Kier alpha value is -2.07. The maximum atomic E-state index is 13.9. The van der Waals surface area contributed by atoms with Gasteiger partial charge < -0.3 is 14.5 Å². The monoisotopic (exact) mass is 343 g/mol. The Kier molecular flexibility index (Phi) is 6.29. The lowest BCUT2D eigenvalue weighted by molar-refractivity contribution is -0.914. The number of quaternary nitrogens is 1. The highest BCUT2D eigenvalue weighted by Gasteiger charge is 2.21. The second kappa shape index (κ2) is 8.86. The van der Waals surface area contributed by atoms with Crippen LogP contribution in [0, 0.1) is 5.82 Å². The predicted octanol–water partition coefficient (Wildman–Crippen LogP) is 2.91. The van der Waals surface area contributed by atoms with Crippen LogP contribution in [0.2, 0.25) is 0 Å². The summed E-state index contributed by atoms with van der Waals surface area (Å²) in [6.45, 7) is 7.83. The molecular weight excluding hydrogens is 315 g/mol. The van der Waals surface area contributed by atoms with Gasteiger partial charge in [0.05, 0.1) is 38.5 Å². The van der Waals surface area contributed by atoms with Crippen molar-refractivity contribution in [1.29, 1.82) is 0 Å². The summed E-state index contributed by atoms with van der Waals surface area (Å²) in [5, 5.41) is 0. The van der Waals surface area contributed by atoms with Crippen molar-refractivity contribution in [1.82, 2.24) is 0 Å². The van der Waals surface area contributed by atoms with Gasteiger partial charge in [-0.1, -0.05) is 25.5 Å². The van der Waals surface area contributed by atoms with Crippen LogP contribution in [0.5, 0.6) is 5.75 Å². The average Bonchev–Trinajstić information content (AvgIpc) is 2.65. The van der Waals surface area contributed by atoms with Crippen LogP contribution in [0.25, 0.3) is 0 Å². The van der Waals surface area contributed by atoms with E-state index in [0.29, 0.717) is 0 Å². The Bertz CT molecular complexity index is 651. The van der Waals surface area contributed by atoms with Gasteiger partial charge in [0.2, 0.25) is 0 Å². The zero-order valence-electron chi connectivity index (χ0n) is 15.0. The number of anilines is 1. The molecule has 2 aromatic rings. The summed E-state index contributed by atoms with van der Waals surface area (Å²) in [4.78, 5) is 3.70. The zero-order valence-corrected chi connectivity index (χ0v) is 15.0. The molecule has 1 saturated heterocycles. The highest BCUT2D eigenvalue weighted by Crippen LogP contribution is 2.18. The molecule has 25 heavy (non-hydrogen) atoms. The van der Waals surface area contributed by atoms with E-state index in [4.69, 9.17) is 4.74 Å². The second-order valence-corrected chi connectivity index (χ2v) is 6.71. The molecule has 4 heteroatoms. The number of hydrogen-bond donors (Lipinski definition) is 1. The van der Waals surface area contributed by atoms with Gasteiger partial charge in [-0.05, 0) is 42.8 Å². The molecule has 0 saturated carbocycles. The Balaban J connectivity index is 1.48. The molecule has 1 aliphatic heterocycles. The van der Waals surface area contributed by atoms with Gasteiger partial charge in [-0.25, -0.2) is 4.39 Å². The van der Waals surface area contributed by atoms with Crippen molar-refractivity contribution in [3.8, 4) is 5.75 Å². The molecule has 0 radical (unpaired) electrons. The van der Waals surface area contributed by atoms with Crippen molar-refractivity contribution < 1.29 is 14.0 Å². The Morgan fingerprint density at radius 3 is 2.44 bits per heavy atom. The van der Waals surface area contributed by atoms with Gasteiger partial charge in [-0.3, -0.25) is 0 Å². The third-order valence-electron chi connectivity index (χ3n) is 4.81. The van der Waals surface area contributed by atoms with E-state index in [1.165, 1.54) is 5.56 Å². The highest BCUT2D eigenvalue weighted by molar-refractivity contribution is 5.47. The number of nitrogens with one attached hydrogen (secondary N) is 1. The van der Waals surface area contributed by atoms with E-state index in [0.717, 1.165) is 63.6 Å². The van der Waals surface area contributed by atoms with Crippen LogP contribution in [0.4, 0.5) is 10.1 Å². The lowest BCUT2D eigenvalue weighted by Gasteiger charge is -2.33. The normalized spacial score (nSPS) is 15.4. The predicted molar refractivity (Wildman–Crippen MR) is 99.9 cm³/mol. The first-order valence-corrected chi connectivity index (χ1v) is 9.31. The number of unbranched alkanes of at least 4 members (excludes halogenated alkanes) is 1. The molecule has 0 unspecified atom stereocenters. The van der Waals surface area contributed by atoms with Gasteiger partial charge in [0, 0.05) is 5.56 Å². The number of piperazine rings is 1. The molecule has 0 spiro atoms. The lowest BCUT2D eigenvalue weighted by Crippen LogP contribution is -3.13. The molecule has 0 bridgehead atoms. The standard InChI is InChI=1S/C21H27FN2O/c1-2-3-16-25-19-10-8-18(9-11-19)17-23-12-14-24(15-13-23)21-7-5-4-6-20(21)22/h4-11H,2-3,12-17H2,1H3/p+1. The van der Waals surface area contributed by atoms with Gasteiger partial charge in [0.25, 0.3) is 0 Å². The van der Waals surface area contributed by atoms with Crippen molar-refractivity contribution in [2.75, 3.05) is 37.7 Å². The smallest absolute Gasteiger partial charge is 0.146 e. The molecule has 1 N–H and O–H groups in total. The zero-order chi connectivity index (χ0) is 17.5. The minimum absolute atomic E-state index is 0.121. The van der Waals surface area contributed by atoms with Crippen LogP contribution in [0.15, 0.2) is 48.5 Å². The Labute approximate surface area is 150 Å². The molecular formula is C21H28FN2O+. The van der Waals surface area contributed by atoms with E-state index in [2.05, 4.69) is 36.1 Å². The first-order chi connectivity index (χ1) is 12.3. The number of para-hydroxylation sites is 1. The van der Waals surface area contributed by atoms with Crippen LogP contribution in [0.3, 0.4) is 0 Å². The van der Waals surface area contributed by atoms with E-state index < -0.39 is 0 Å². The van der Waals surface area contributed by atoms with Crippen LogP contribution in [-0.2, 0) is 6.54 Å². The van der Waals surface area contributed by atoms with Crippen molar-refractivity contribution in [2.24, 2.45) is 0 Å². The molecule has 0 aromatic heterocycles. The van der Waals surface area contributed by atoms with Crippen molar-refractivity contribution in [3.63, 3.8) is 0 Å².